The van der Waals surface area contributed by atoms with Crippen LogP contribution in [0.1, 0.15) is 10.4 Å². The minimum absolute atomic E-state index is 0.123. The minimum Gasteiger partial charge on any atom is -0.454 e. The van der Waals surface area contributed by atoms with Crippen LogP contribution < -0.4 is 14.4 Å². The van der Waals surface area contributed by atoms with Gasteiger partial charge in [-0.05, 0) is 48.5 Å². The van der Waals surface area contributed by atoms with Gasteiger partial charge in [-0.25, -0.2) is 4.39 Å². The number of piperazine rings is 1. The molecule has 2 aromatic carbocycles. The summed E-state index contributed by atoms with van der Waals surface area (Å²) in [7, 11) is 0. The van der Waals surface area contributed by atoms with Crippen LogP contribution in [0.5, 0.6) is 11.5 Å². The van der Waals surface area contributed by atoms with Gasteiger partial charge in [0.2, 0.25) is 6.79 Å². The summed E-state index contributed by atoms with van der Waals surface area (Å²) in [6.07, 6.45) is 0. The van der Waals surface area contributed by atoms with E-state index in [0.29, 0.717) is 37.5 Å². The van der Waals surface area contributed by atoms with Crippen molar-refractivity contribution >= 4 is 23.3 Å². The topological polar surface area (TPSA) is 67.8 Å². The van der Waals surface area contributed by atoms with Crippen molar-refractivity contribution in [3.63, 3.8) is 0 Å². The van der Waals surface area contributed by atoms with Gasteiger partial charge in [0.05, 0.1) is 16.3 Å². The molecule has 3 aromatic rings. The lowest BCUT2D eigenvalue weighted by atomic mass is 10.1. The molecule has 7 nitrogen and oxygen atoms in total. The molecule has 0 saturated carbocycles. The summed E-state index contributed by atoms with van der Waals surface area (Å²) < 4.78 is 24.0. The summed E-state index contributed by atoms with van der Waals surface area (Å²) >= 11 is 6.03. The zero-order chi connectivity index (χ0) is 21.4. The van der Waals surface area contributed by atoms with E-state index >= 15 is 0 Å². The maximum atomic E-state index is 13.2. The zero-order valence-corrected chi connectivity index (χ0v) is 17.2. The lowest BCUT2D eigenvalue weighted by Crippen LogP contribution is -2.49. The number of nitrogens with zero attached hydrogens (tertiary/aromatic N) is 4. The predicted octanol–water partition coefficient (Wildman–Crippen LogP) is 3.63. The van der Waals surface area contributed by atoms with E-state index < -0.39 is 5.82 Å². The number of amides is 1. The standard InChI is InChI=1S/C22H18ClFN4O3/c23-17-12-15(24)2-3-16(17)22(29)28-9-7-27(8-10-28)21-6-4-18(25-26-21)14-1-5-19-20(11-14)31-13-30-19/h1-6,11-12H,7-10,13H2. The van der Waals surface area contributed by atoms with Crippen LogP contribution in [0.2, 0.25) is 5.02 Å². The Balaban J connectivity index is 1.24. The average Bonchev–Trinajstić information content (AvgIpc) is 3.27. The molecule has 31 heavy (non-hydrogen) atoms. The van der Waals surface area contributed by atoms with Gasteiger partial charge in [-0.2, -0.15) is 0 Å². The Morgan fingerprint density at radius 3 is 2.48 bits per heavy atom. The highest BCUT2D eigenvalue weighted by atomic mass is 35.5. The number of carbonyl (C=O) groups excluding carboxylic acids is 1. The third-order valence-electron chi connectivity index (χ3n) is 5.37. The first-order valence-electron chi connectivity index (χ1n) is 9.81. The van der Waals surface area contributed by atoms with Crippen LogP contribution in [0.25, 0.3) is 11.3 Å². The van der Waals surface area contributed by atoms with E-state index in [1.165, 1.54) is 12.1 Å². The number of hydrogen-bond donors (Lipinski definition) is 0. The molecule has 158 valence electrons. The Labute approximate surface area is 183 Å². The van der Waals surface area contributed by atoms with Gasteiger partial charge in [0, 0.05) is 31.7 Å². The molecule has 0 N–H and O–H groups in total. The van der Waals surface area contributed by atoms with Crippen molar-refractivity contribution < 1.29 is 18.7 Å². The molecular formula is C22H18ClFN4O3. The maximum Gasteiger partial charge on any atom is 0.255 e. The van der Waals surface area contributed by atoms with Crippen molar-refractivity contribution in [2.24, 2.45) is 0 Å². The average molecular weight is 441 g/mol. The monoisotopic (exact) mass is 440 g/mol. The first-order valence-corrected chi connectivity index (χ1v) is 10.2. The minimum atomic E-state index is -0.464. The van der Waals surface area contributed by atoms with Crippen molar-refractivity contribution in [3.8, 4) is 22.8 Å². The molecule has 0 unspecified atom stereocenters. The second-order valence-corrected chi connectivity index (χ2v) is 7.66. The number of rotatable bonds is 3. The van der Waals surface area contributed by atoms with E-state index in [2.05, 4.69) is 15.1 Å². The molecule has 3 heterocycles. The van der Waals surface area contributed by atoms with Crippen molar-refractivity contribution in [2.75, 3.05) is 37.9 Å². The first-order chi connectivity index (χ1) is 15.1. The third kappa shape index (κ3) is 3.86. The molecule has 0 radical (unpaired) electrons. The van der Waals surface area contributed by atoms with Gasteiger partial charge in [0.15, 0.2) is 17.3 Å². The molecule has 2 aliphatic heterocycles. The maximum absolute atomic E-state index is 13.2. The summed E-state index contributed by atoms with van der Waals surface area (Å²) in [5.74, 6) is 1.51. The molecule has 1 amide bonds. The van der Waals surface area contributed by atoms with E-state index in [9.17, 15) is 9.18 Å². The molecule has 9 heteroatoms. The molecule has 0 atom stereocenters. The highest BCUT2D eigenvalue weighted by Gasteiger charge is 2.24. The molecular weight excluding hydrogens is 423 g/mol. The second-order valence-electron chi connectivity index (χ2n) is 7.25. The Hall–Kier alpha value is -3.39. The summed E-state index contributed by atoms with van der Waals surface area (Å²) in [5, 5.41) is 8.83. The number of fused-ring (bicyclic) bond motifs is 1. The lowest BCUT2D eigenvalue weighted by Gasteiger charge is -2.35. The van der Waals surface area contributed by atoms with Crippen molar-refractivity contribution in [3.05, 3.63) is 64.9 Å². The van der Waals surface area contributed by atoms with Crippen LogP contribution in [-0.4, -0.2) is 54.0 Å². The zero-order valence-electron chi connectivity index (χ0n) is 16.4. The lowest BCUT2D eigenvalue weighted by molar-refractivity contribution is 0.0746. The van der Waals surface area contributed by atoms with Crippen molar-refractivity contribution in [2.45, 2.75) is 0 Å². The molecule has 1 saturated heterocycles. The van der Waals surface area contributed by atoms with E-state index in [-0.39, 0.29) is 17.7 Å². The van der Waals surface area contributed by atoms with Gasteiger partial charge in [0.25, 0.3) is 5.91 Å². The SMILES string of the molecule is O=C(c1ccc(F)cc1Cl)N1CCN(c2ccc(-c3ccc4c(c3)OCO4)nn2)CC1. The van der Waals surface area contributed by atoms with Crippen LogP contribution in [-0.2, 0) is 0 Å². The van der Waals surface area contributed by atoms with Gasteiger partial charge in [-0.3, -0.25) is 4.79 Å². The van der Waals surface area contributed by atoms with E-state index in [1.54, 1.807) is 4.90 Å². The number of aromatic nitrogens is 2. The van der Waals surface area contributed by atoms with E-state index in [1.807, 2.05) is 30.3 Å². The predicted molar refractivity (Wildman–Crippen MR) is 113 cm³/mol. The van der Waals surface area contributed by atoms with Crippen LogP contribution >= 0.6 is 11.6 Å². The fourth-order valence-corrected chi connectivity index (χ4v) is 3.92. The van der Waals surface area contributed by atoms with E-state index in [0.717, 1.165) is 28.9 Å². The molecule has 2 aliphatic rings. The van der Waals surface area contributed by atoms with Crippen LogP contribution in [0, 0.1) is 5.82 Å². The summed E-state index contributed by atoms with van der Waals surface area (Å²) in [4.78, 5) is 16.5. The number of hydrogen-bond acceptors (Lipinski definition) is 6. The van der Waals surface area contributed by atoms with Crippen molar-refractivity contribution in [1.29, 1.82) is 0 Å². The number of halogens is 2. The second kappa shape index (κ2) is 8.03. The Kier molecular flexibility index (Phi) is 5.07. The highest BCUT2D eigenvalue weighted by molar-refractivity contribution is 6.33. The molecule has 0 bridgehead atoms. The summed E-state index contributed by atoms with van der Waals surface area (Å²) in [5.41, 5.74) is 1.95. The Morgan fingerprint density at radius 2 is 1.74 bits per heavy atom. The fourth-order valence-electron chi connectivity index (χ4n) is 3.68. The smallest absolute Gasteiger partial charge is 0.255 e. The molecule has 0 spiro atoms. The Bertz CT molecular complexity index is 1130. The quantitative estimate of drug-likeness (QED) is 0.619. The summed E-state index contributed by atoms with van der Waals surface area (Å²) in [6, 6.07) is 13.3. The van der Waals surface area contributed by atoms with Gasteiger partial charge >= 0.3 is 0 Å². The van der Waals surface area contributed by atoms with Gasteiger partial charge in [-0.1, -0.05) is 11.6 Å². The van der Waals surface area contributed by atoms with Gasteiger partial charge in [0.1, 0.15) is 5.82 Å². The van der Waals surface area contributed by atoms with Crippen molar-refractivity contribution in [1.82, 2.24) is 15.1 Å². The molecule has 0 aliphatic carbocycles. The fraction of sp³-hybridized carbons (Fsp3) is 0.227. The van der Waals surface area contributed by atoms with Gasteiger partial charge < -0.3 is 19.3 Å². The third-order valence-corrected chi connectivity index (χ3v) is 5.68. The van der Waals surface area contributed by atoms with E-state index in [4.69, 9.17) is 21.1 Å². The number of benzene rings is 2. The van der Waals surface area contributed by atoms with Crippen LogP contribution in [0.4, 0.5) is 10.2 Å². The van der Waals surface area contributed by atoms with Crippen LogP contribution in [0.3, 0.4) is 0 Å². The molecule has 1 aromatic heterocycles. The number of ether oxygens (including phenoxy) is 2. The normalized spacial score (nSPS) is 15.3. The Morgan fingerprint density at radius 1 is 0.935 bits per heavy atom. The highest BCUT2D eigenvalue weighted by Crippen LogP contribution is 2.35. The summed E-state index contributed by atoms with van der Waals surface area (Å²) in [6.45, 7) is 2.48. The molecule has 1 fully saturated rings. The van der Waals surface area contributed by atoms with Gasteiger partial charge in [-0.15, -0.1) is 10.2 Å². The van der Waals surface area contributed by atoms with Crippen LogP contribution in [0.15, 0.2) is 48.5 Å². The number of anilines is 1. The largest absolute Gasteiger partial charge is 0.454 e. The molecule has 5 rings (SSSR count). The number of carbonyl (C=O) groups is 1. The first kappa shape index (κ1) is 19.6.